The number of benzene rings is 1. The summed E-state index contributed by atoms with van der Waals surface area (Å²) in [7, 11) is 0. The van der Waals surface area contributed by atoms with Crippen molar-refractivity contribution < 1.29 is 4.65 Å². The molecule has 0 spiro atoms. The average molecular weight is 218 g/mol. The van der Waals surface area contributed by atoms with E-state index in [1.165, 1.54) is 37.0 Å². The summed E-state index contributed by atoms with van der Waals surface area (Å²) in [6.07, 6.45) is 7.30. The molecule has 0 amide bonds. The molecule has 1 aliphatic carbocycles. The Morgan fingerprint density at radius 1 is 1.13 bits per heavy atom. The van der Waals surface area contributed by atoms with E-state index in [0.717, 1.165) is 11.6 Å². The van der Waals surface area contributed by atoms with Gasteiger partial charge >= 0.3 is 6.19 Å². The Bertz CT molecular complexity index is 324. The Labute approximate surface area is 95.6 Å². The van der Waals surface area contributed by atoms with Crippen LogP contribution < -0.4 is 4.65 Å². The highest BCUT2D eigenvalue weighted by Crippen LogP contribution is 2.46. The van der Waals surface area contributed by atoms with Gasteiger partial charge in [0.2, 0.25) is 0 Å². The minimum Gasteiger partial charge on any atom is -0.549 e. The Morgan fingerprint density at radius 2 is 1.93 bits per heavy atom. The molecule has 0 unspecified atom stereocenters. The molecule has 1 heterocycles. The van der Waals surface area contributed by atoms with Gasteiger partial charge in [-0.2, -0.15) is 0 Å². The van der Waals surface area contributed by atoms with Crippen molar-refractivity contribution >= 4 is 17.8 Å². The second-order valence-corrected chi connectivity index (χ2v) is 5.59. The maximum Gasteiger partial charge on any atom is 0.434 e. The Balaban J connectivity index is 1.72. The van der Waals surface area contributed by atoms with Crippen molar-refractivity contribution in [2.45, 2.75) is 42.8 Å². The number of hydrogen-bond acceptors (Lipinski definition) is 2. The van der Waals surface area contributed by atoms with Crippen LogP contribution in [0.5, 0.6) is 5.75 Å². The zero-order chi connectivity index (χ0) is 10.1. The Morgan fingerprint density at radius 3 is 2.73 bits per heavy atom. The fourth-order valence-electron chi connectivity index (χ4n) is 2.52. The summed E-state index contributed by atoms with van der Waals surface area (Å²) in [5, 5.41) is 0. The van der Waals surface area contributed by atoms with Crippen molar-refractivity contribution in [2.75, 3.05) is 0 Å². The third-order valence-electron chi connectivity index (χ3n) is 3.37. The zero-order valence-corrected chi connectivity index (χ0v) is 9.63. The Hall–Kier alpha value is -0.565. The van der Waals surface area contributed by atoms with Gasteiger partial charge < -0.3 is 4.65 Å². The summed E-state index contributed by atoms with van der Waals surface area (Å²) in [4.78, 5) is 1.33. The van der Waals surface area contributed by atoms with Crippen LogP contribution in [-0.2, 0) is 0 Å². The highest BCUT2D eigenvalue weighted by atomic mass is 32.2. The van der Waals surface area contributed by atoms with Crippen molar-refractivity contribution in [3.05, 3.63) is 24.3 Å². The monoisotopic (exact) mass is 218 g/mol. The van der Waals surface area contributed by atoms with E-state index in [1.807, 2.05) is 11.6 Å². The van der Waals surface area contributed by atoms with Crippen LogP contribution in [0.2, 0.25) is 5.82 Å². The standard InChI is InChI=1S/C12H15BOS/c1-2-6-10(7-3-1)13-14-11-8-4-5-9-12(11)15-13/h4-5,8-10H,1-3,6-7H2. The number of hydrogen-bond donors (Lipinski definition) is 0. The summed E-state index contributed by atoms with van der Waals surface area (Å²) >= 11 is 1.92. The van der Waals surface area contributed by atoms with Gasteiger partial charge in [-0.3, -0.25) is 0 Å². The van der Waals surface area contributed by atoms with Gasteiger partial charge in [-0.15, -0.1) is 11.6 Å². The molecule has 0 N–H and O–H groups in total. The molecule has 0 aromatic heterocycles. The first kappa shape index (κ1) is 9.65. The van der Waals surface area contributed by atoms with Gasteiger partial charge in [0.1, 0.15) is 5.75 Å². The first-order chi connectivity index (χ1) is 7.43. The van der Waals surface area contributed by atoms with Crippen molar-refractivity contribution in [1.29, 1.82) is 0 Å². The third-order valence-corrected chi connectivity index (χ3v) is 4.67. The van der Waals surface area contributed by atoms with Crippen LogP contribution >= 0.6 is 11.6 Å². The molecule has 1 saturated carbocycles. The predicted octanol–water partition coefficient (Wildman–Crippen LogP) is 3.99. The van der Waals surface area contributed by atoms with E-state index in [1.54, 1.807) is 0 Å². The Kier molecular flexibility index (Phi) is 2.65. The molecule has 0 radical (unpaired) electrons. The van der Waals surface area contributed by atoms with Gasteiger partial charge in [0.15, 0.2) is 0 Å². The highest BCUT2D eigenvalue weighted by Gasteiger charge is 2.37. The molecular formula is C12H15BOS. The largest absolute Gasteiger partial charge is 0.549 e. The van der Waals surface area contributed by atoms with E-state index >= 15 is 0 Å². The number of rotatable bonds is 1. The quantitative estimate of drug-likeness (QED) is 0.659. The second kappa shape index (κ2) is 4.13. The van der Waals surface area contributed by atoms with Crippen LogP contribution in [0.15, 0.2) is 29.2 Å². The predicted molar refractivity (Wildman–Crippen MR) is 65.5 cm³/mol. The average Bonchev–Trinajstić information content (AvgIpc) is 2.74. The SMILES string of the molecule is c1ccc2c(c1)OB(C1CCCCC1)S2. The van der Waals surface area contributed by atoms with E-state index in [0.29, 0.717) is 6.19 Å². The summed E-state index contributed by atoms with van der Waals surface area (Å²) in [5.74, 6) is 1.87. The van der Waals surface area contributed by atoms with Crippen LogP contribution in [0.1, 0.15) is 32.1 Å². The summed E-state index contributed by atoms with van der Waals surface area (Å²) in [6, 6.07) is 8.41. The van der Waals surface area contributed by atoms with E-state index in [2.05, 4.69) is 24.3 Å². The second-order valence-electron chi connectivity index (χ2n) is 4.45. The topological polar surface area (TPSA) is 9.23 Å². The summed E-state index contributed by atoms with van der Waals surface area (Å²) in [5.41, 5.74) is 0. The van der Waals surface area contributed by atoms with Gasteiger partial charge in [0.05, 0.1) is 0 Å². The van der Waals surface area contributed by atoms with Crippen LogP contribution in [0.25, 0.3) is 0 Å². The lowest BCUT2D eigenvalue weighted by atomic mass is 9.69. The van der Waals surface area contributed by atoms with Crippen molar-refractivity contribution in [3.63, 3.8) is 0 Å². The van der Waals surface area contributed by atoms with E-state index in [4.69, 9.17) is 4.65 Å². The molecule has 0 bridgehead atoms. The molecule has 0 saturated heterocycles. The molecule has 78 valence electrons. The summed E-state index contributed by atoms with van der Waals surface area (Å²) < 4.78 is 6.01. The highest BCUT2D eigenvalue weighted by molar-refractivity contribution is 8.25. The first-order valence-electron chi connectivity index (χ1n) is 5.86. The van der Waals surface area contributed by atoms with Gasteiger partial charge in [-0.05, 0) is 17.9 Å². The maximum atomic E-state index is 6.01. The molecule has 15 heavy (non-hydrogen) atoms. The fourth-order valence-corrected chi connectivity index (χ4v) is 3.77. The van der Waals surface area contributed by atoms with Crippen LogP contribution in [0.4, 0.5) is 0 Å². The van der Waals surface area contributed by atoms with E-state index < -0.39 is 0 Å². The molecule has 1 aromatic carbocycles. The lowest BCUT2D eigenvalue weighted by Gasteiger charge is -2.22. The fraction of sp³-hybridized carbons (Fsp3) is 0.500. The van der Waals surface area contributed by atoms with Crippen molar-refractivity contribution in [3.8, 4) is 5.75 Å². The molecule has 1 aliphatic heterocycles. The van der Waals surface area contributed by atoms with Crippen molar-refractivity contribution in [1.82, 2.24) is 0 Å². The minimum absolute atomic E-state index is 0.391. The van der Waals surface area contributed by atoms with Gasteiger partial charge in [-0.25, -0.2) is 0 Å². The van der Waals surface area contributed by atoms with Crippen LogP contribution in [-0.4, -0.2) is 6.19 Å². The van der Waals surface area contributed by atoms with Gasteiger partial charge in [0.25, 0.3) is 0 Å². The molecule has 2 aliphatic rings. The normalized spacial score (nSPS) is 21.2. The molecule has 0 atom stereocenters. The van der Waals surface area contributed by atoms with E-state index in [9.17, 15) is 0 Å². The lowest BCUT2D eigenvalue weighted by molar-refractivity contribution is 0.464. The maximum absolute atomic E-state index is 6.01. The first-order valence-corrected chi connectivity index (χ1v) is 6.74. The molecule has 1 fully saturated rings. The molecule has 1 nitrogen and oxygen atoms in total. The number of fused-ring (bicyclic) bond motifs is 1. The number of para-hydroxylation sites is 1. The summed E-state index contributed by atoms with van der Waals surface area (Å²) in [6.45, 7) is 0. The van der Waals surface area contributed by atoms with Crippen molar-refractivity contribution in [2.24, 2.45) is 0 Å². The molecule has 3 rings (SSSR count). The molecule has 3 heteroatoms. The minimum atomic E-state index is 0.391. The van der Waals surface area contributed by atoms with Crippen LogP contribution in [0, 0.1) is 0 Å². The van der Waals surface area contributed by atoms with E-state index in [-0.39, 0.29) is 0 Å². The third kappa shape index (κ3) is 1.90. The molecular weight excluding hydrogens is 203 g/mol. The van der Waals surface area contributed by atoms with Gasteiger partial charge in [-0.1, -0.05) is 44.2 Å². The lowest BCUT2D eigenvalue weighted by Crippen LogP contribution is -2.23. The van der Waals surface area contributed by atoms with Crippen LogP contribution in [0.3, 0.4) is 0 Å². The smallest absolute Gasteiger partial charge is 0.434 e. The molecule has 1 aromatic rings. The van der Waals surface area contributed by atoms with Gasteiger partial charge in [0, 0.05) is 4.90 Å². The zero-order valence-electron chi connectivity index (χ0n) is 8.82.